The molecule has 6 nitrogen and oxygen atoms in total. The highest BCUT2D eigenvalue weighted by atomic mass is 32.2. The molecular weight excluding hydrogens is 278 g/mol. The Kier molecular flexibility index (Phi) is 4.33. The molecule has 0 spiro atoms. The van der Waals surface area contributed by atoms with Crippen molar-refractivity contribution in [1.29, 1.82) is 0 Å². The molecule has 3 aliphatic rings. The van der Waals surface area contributed by atoms with E-state index in [1.54, 1.807) is 15.7 Å². The largest absolute Gasteiger partial charge is 0.381 e. The summed E-state index contributed by atoms with van der Waals surface area (Å²) < 4.78 is 34.1. The second kappa shape index (κ2) is 5.88. The van der Waals surface area contributed by atoms with Gasteiger partial charge in [0.25, 0.3) is 10.2 Å². The van der Waals surface area contributed by atoms with E-state index in [9.17, 15) is 8.42 Å². The van der Waals surface area contributed by atoms with Crippen molar-refractivity contribution in [2.24, 2.45) is 0 Å². The summed E-state index contributed by atoms with van der Waals surface area (Å²) in [5.74, 6) is 0. The minimum atomic E-state index is -3.32. The zero-order valence-corrected chi connectivity index (χ0v) is 13.0. The minimum Gasteiger partial charge on any atom is -0.381 e. The van der Waals surface area contributed by atoms with Crippen molar-refractivity contribution in [3.63, 3.8) is 0 Å². The van der Waals surface area contributed by atoms with Gasteiger partial charge in [0.1, 0.15) is 0 Å². The van der Waals surface area contributed by atoms with Crippen LogP contribution in [-0.4, -0.2) is 80.5 Å². The van der Waals surface area contributed by atoms with Crippen LogP contribution in [0.15, 0.2) is 0 Å². The predicted molar refractivity (Wildman–Crippen MR) is 76.7 cm³/mol. The predicted octanol–water partition coefficient (Wildman–Crippen LogP) is 0.122. The van der Waals surface area contributed by atoms with Crippen molar-refractivity contribution in [1.82, 2.24) is 13.5 Å². The molecule has 3 aliphatic heterocycles. The van der Waals surface area contributed by atoms with E-state index < -0.39 is 10.2 Å². The Bertz CT molecular complexity index is 436. The second-order valence-corrected chi connectivity index (χ2v) is 8.05. The number of fused-ring (bicyclic) bond motifs is 1. The summed E-state index contributed by atoms with van der Waals surface area (Å²) in [6.07, 6.45) is 3.94. The topological polar surface area (TPSA) is 53.1 Å². The smallest absolute Gasteiger partial charge is 0.282 e. The summed E-state index contributed by atoms with van der Waals surface area (Å²) in [5, 5.41) is 0. The maximum atomic E-state index is 12.8. The van der Waals surface area contributed by atoms with Crippen LogP contribution in [0.25, 0.3) is 0 Å². The number of rotatable bonds is 3. The molecule has 0 aromatic rings. The van der Waals surface area contributed by atoms with Crippen molar-refractivity contribution >= 4 is 10.2 Å². The Morgan fingerprint density at radius 3 is 2.60 bits per heavy atom. The summed E-state index contributed by atoms with van der Waals surface area (Å²) in [4.78, 5) is 2.43. The van der Waals surface area contributed by atoms with Gasteiger partial charge in [0, 0.05) is 52.0 Å². The Morgan fingerprint density at radius 1 is 1.10 bits per heavy atom. The third-order valence-corrected chi connectivity index (χ3v) is 6.96. The van der Waals surface area contributed by atoms with E-state index in [-0.39, 0.29) is 6.04 Å². The van der Waals surface area contributed by atoms with E-state index in [1.165, 1.54) is 6.42 Å². The molecule has 0 saturated carbocycles. The summed E-state index contributed by atoms with van der Waals surface area (Å²) in [6, 6.07) is 0.525. The van der Waals surface area contributed by atoms with Crippen LogP contribution in [0.2, 0.25) is 0 Å². The summed E-state index contributed by atoms with van der Waals surface area (Å²) in [7, 11) is -1.59. The van der Waals surface area contributed by atoms with Crippen LogP contribution in [0.5, 0.6) is 0 Å². The van der Waals surface area contributed by atoms with E-state index in [0.717, 1.165) is 32.4 Å². The molecule has 0 aromatic heterocycles. The van der Waals surface area contributed by atoms with Gasteiger partial charge in [-0.05, 0) is 32.2 Å². The van der Waals surface area contributed by atoms with Gasteiger partial charge in [-0.15, -0.1) is 0 Å². The summed E-state index contributed by atoms with van der Waals surface area (Å²) in [5.41, 5.74) is 0. The quantitative estimate of drug-likeness (QED) is 0.743. The molecule has 7 heteroatoms. The molecule has 3 rings (SSSR count). The lowest BCUT2D eigenvalue weighted by Gasteiger charge is -2.40. The normalized spacial score (nSPS) is 30.8. The summed E-state index contributed by atoms with van der Waals surface area (Å²) in [6.45, 7) is 4.64. The maximum absolute atomic E-state index is 12.8. The van der Waals surface area contributed by atoms with Gasteiger partial charge in [-0.3, -0.25) is 4.90 Å². The van der Waals surface area contributed by atoms with E-state index in [0.29, 0.717) is 32.3 Å². The van der Waals surface area contributed by atoms with E-state index in [4.69, 9.17) is 4.74 Å². The van der Waals surface area contributed by atoms with Crippen LogP contribution in [0.1, 0.15) is 25.7 Å². The fraction of sp³-hybridized carbons (Fsp3) is 1.00. The lowest BCUT2D eigenvalue weighted by atomic mass is 10.1. The fourth-order valence-electron chi connectivity index (χ4n) is 3.59. The molecule has 3 saturated heterocycles. The monoisotopic (exact) mass is 303 g/mol. The van der Waals surface area contributed by atoms with Gasteiger partial charge >= 0.3 is 0 Å². The molecule has 0 amide bonds. The Labute approximate surface area is 121 Å². The first-order chi connectivity index (χ1) is 9.59. The maximum Gasteiger partial charge on any atom is 0.282 e. The molecule has 0 N–H and O–H groups in total. The van der Waals surface area contributed by atoms with Crippen LogP contribution >= 0.6 is 0 Å². The Hall–Kier alpha value is -0.210. The minimum absolute atomic E-state index is 0.0929. The van der Waals surface area contributed by atoms with Gasteiger partial charge in [-0.25, -0.2) is 0 Å². The number of piperazine rings is 1. The van der Waals surface area contributed by atoms with Gasteiger partial charge < -0.3 is 4.74 Å². The lowest BCUT2D eigenvalue weighted by Crippen LogP contribution is -2.56. The molecule has 3 heterocycles. The number of hydrogen-bond acceptors (Lipinski definition) is 4. The Balaban J connectivity index is 1.67. The zero-order valence-electron chi connectivity index (χ0n) is 12.2. The third-order valence-electron chi connectivity index (χ3n) is 4.95. The van der Waals surface area contributed by atoms with Crippen molar-refractivity contribution in [2.45, 2.75) is 37.8 Å². The van der Waals surface area contributed by atoms with E-state index >= 15 is 0 Å². The second-order valence-electron chi connectivity index (χ2n) is 6.06. The Morgan fingerprint density at radius 2 is 1.85 bits per heavy atom. The highest BCUT2D eigenvalue weighted by Gasteiger charge is 2.39. The van der Waals surface area contributed by atoms with Gasteiger partial charge in [-0.2, -0.15) is 17.0 Å². The molecule has 0 bridgehead atoms. The van der Waals surface area contributed by atoms with Gasteiger partial charge in [0.05, 0.1) is 0 Å². The fourth-order valence-corrected chi connectivity index (χ4v) is 5.22. The molecular formula is C13H25N3O3S. The zero-order chi connectivity index (χ0) is 14.2. The van der Waals surface area contributed by atoms with Crippen LogP contribution in [0.3, 0.4) is 0 Å². The van der Waals surface area contributed by atoms with Crippen LogP contribution in [0, 0.1) is 0 Å². The highest BCUT2D eigenvalue weighted by Crippen LogP contribution is 2.25. The van der Waals surface area contributed by atoms with Crippen LogP contribution < -0.4 is 0 Å². The summed E-state index contributed by atoms with van der Waals surface area (Å²) >= 11 is 0. The van der Waals surface area contributed by atoms with E-state index in [1.807, 2.05) is 0 Å². The number of nitrogens with zero attached hydrogens (tertiary/aromatic N) is 3. The number of ether oxygens (including phenoxy) is 1. The van der Waals surface area contributed by atoms with Crippen molar-refractivity contribution in [3.05, 3.63) is 0 Å². The molecule has 116 valence electrons. The van der Waals surface area contributed by atoms with E-state index in [2.05, 4.69) is 4.90 Å². The van der Waals surface area contributed by atoms with Gasteiger partial charge in [0.2, 0.25) is 0 Å². The van der Waals surface area contributed by atoms with Crippen molar-refractivity contribution in [3.8, 4) is 0 Å². The first-order valence-corrected chi connectivity index (χ1v) is 9.03. The number of hydrogen-bond donors (Lipinski definition) is 0. The van der Waals surface area contributed by atoms with Gasteiger partial charge in [0.15, 0.2) is 0 Å². The first-order valence-electron chi connectivity index (χ1n) is 7.64. The standard InChI is InChI=1S/C13H25N3O3S/c1-14(12-4-9-19-10-5-12)20(17,18)16-8-7-15-6-2-3-13(15)11-16/h12-13H,2-11H2,1H3. The highest BCUT2D eigenvalue weighted by molar-refractivity contribution is 7.86. The van der Waals surface area contributed by atoms with Crippen molar-refractivity contribution < 1.29 is 13.2 Å². The molecule has 1 unspecified atom stereocenters. The average molecular weight is 303 g/mol. The third kappa shape index (κ3) is 2.74. The SMILES string of the molecule is CN(C1CCOCC1)S(=O)(=O)N1CCN2CCCC2C1. The molecule has 20 heavy (non-hydrogen) atoms. The molecule has 1 atom stereocenters. The van der Waals surface area contributed by atoms with Crippen molar-refractivity contribution in [2.75, 3.05) is 46.4 Å². The lowest BCUT2D eigenvalue weighted by molar-refractivity contribution is 0.0605. The molecule has 0 radical (unpaired) electrons. The van der Waals surface area contributed by atoms with Crippen LogP contribution in [-0.2, 0) is 14.9 Å². The first kappa shape index (κ1) is 14.7. The molecule has 3 fully saturated rings. The molecule has 0 aromatic carbocycles. The van der Waals surface area contributed by atoms with Gasteiger partial charge in [-0.1, -0.05) is 0 Å². The van der Waals surface area contributed by atoms with Crippen LogP contribution in [0.4, 0.5) is 0 Å². The molecule has 0 aliphatic carbocycles. The average Bonchev–Trinajstić information content (AvgIpc) is 2.94.